The highest BCUT2D eigenvalue weighted by Crippen LogP contribution is 2.38. The summed E-state index contributed by atoms with van der Waals surface area (Å²) in [5.74, 6) is 0.303. The Morgan fingerprint density at radius 3 is 2.55 bits per heavy atom. The van der Waals surface area contributed by atoms with Crippen molar-refractivity contribution in [3.63, 3.8) is 0 Å². The SMILES string of the molecule is COC(=O)c1cn2cc(SC(C)(C)C)c(OC)cc2n1. The molecule has 2 aromatic rings. The number of carbonyl (C=O) groups is 1. The predicted molar refractivity (Wildman–Crippen MR) is 78.7 cm³/mol. The zero-order chi connectivity index (χ0) is 14.9. The Bertz CT molecular complexity index is 644. The Morgan fingerprint density at radius 2 is 2.00 bits per heavy atom. The lowest BCUT2D eigenvalue weighted by atomic mass is 10.3. The standard InChI is InChI=1S/C14H18N2O3S/c1-14(2,3)20-11-8-16-7-9(13(17)19-5)15-12(16)6-10(11)18-4/h6-8H,1-5H3. The van der Waals surface area contributed by atoms with Crippen molar-refractivity contribution in [3.8, 4) is 5.75 Å². The summed E-state index contributed by atoms with van der Waals surface area (Å²) < 4.78 is 12.0. The maximum atomic E-state index is 11.5. The summed E-state index contributed by atoms with van der Waals surface area (Å²) in [6, 6.07) is 1.82. The van der Waals surface area contributed by atoms with Crippen molar-refractivity contribution in [1.29, 1.82) is 0 Å². The third-order valence-electron chi connectivity index (χ3n) is 2.55. The molecule has 0 saturated heterocycles. The maximum Gasteiger partial charge on any atom is 0.358 e. The number of rotatable bonds is 3. The van der Waals surface area contributed by atoms with Crippen LogP contribution in [-0.4, -0.2) is 34.3 Å². The fraction of sp³-hybridized carbons (Fsp3) is 0.429. The molecule has 0 saturated carbocycles. The van der Waals surface area contributed by atoms with Gasteiger partial charge >= 0.3 is 5.97 Å². The van der Waals surface area contributed by atoms with Crippen molar-refractivity contribution in [2.75, 3.05) is 14.2 Å². The summed E-state index contributed by atoms with van der Waals surface area (Å²) >= 11 is 1.70. The van der Waals surface area contributed by atoms with Gasteiger partial charge in [0, 0.05) is 23.2 Å². The third-order valence-corrected chi connectivity index (χ3v) is 3.69. The molecule has 2 heterocycles. The molecule has 20 heavy (non-hydrogen) atoms. The van der Waals surface area contributed by atoms with Crippen LogP contribution in [-0.2, 0) is 4.74 Å². The van der Waals surface area contributed by atoms with E-state index in [0.29, 0.717) is 5.65 Å². The summed E-state index contributed by atoms with van der Waals surface area (Å²) in [7, 11) is 2.97. The molecular formula is C14H18N2O3S. The minimum Gasteiger partial charge on any atom is -0.495 e. The molecule has 0 spiro atoms. The number of fused-ring (bicyclic) bond motifs is 1. The van der Waals surface area contributed by atoms with Crippen LogP contribution in [0.2, 0.25) is 0 Å². The highest BCUT2D eigenvalue weighted by atomic mass is 32.2. The fourth-order valence-electron chi connectivity index (χ4n) is 1.77. The molecule has 2 rings (SSSR count). The van der Waals surface area contributed by atoms with Gasteiger partial charge in [-0.1, -0.05) is 20.8 Å². The van der Waals surface area contributed by atoms with Crippen LogP contribution >= 0.6 is 11.8 Å². The molecule has 2 aromatic heterocycles. The normalized spacial score (nSPS) is 11.7. The van der Waals surface area contributed by atoms with E-state index >= 15 is 0 Å². The number of methoxy groups -OCH3 is 2. The van der Waals surface area contributed by atoms with Crippen LogP contribution < -0.4 is 4.74 Å². The van der Waals surface area contributed by atoms with Crippen LogP contribution in [0, 0.1) is 0 Å². The number of nitrogens with zero attached hydrogens (tertiary/aromatic N) is 2. The fourth-order valence-corrected chi connectivity index (χ4v) is 2.83. The Hall–Kier alpha value is -1.69. The summed E-state index contributed by atoms with van der Waals surface area (Å²) in [5, 5.41) is 0. The van der Waals surface area contributed by atoms with E-state index in [1.165, 1.54) is 7.11 Å². The first-order valence-corrected chi connectivity index (χ1v) is 7.00. The second kappa shape index (κ2) is 5.36. The molecule has 0 aliphatic rings. The van der Waals surface area contributed by atoms with E-state index in [1.54, 1.807) is 25.1 Å². The van der Waals surface area contributed by atoms with Crippen molar-refractivity contribution < 1.29 is 14.3 Å². The second-order valence-electron chi connectivity index (χ2n) is 5.30. The summed E-state index contributed by atoms with van der Waals surface area (Å²) in [6.45, 7) is 6.40. The van der Waals surface area contributed by atoms with E-state index in [-0.39, 0.29) is 10.4 Å². The minimum absolute atomic E-state index is 0.0622. The molecule has 0 radical (unpaired) electrons. The van der Waals surface area contributed by atoms with Gasteiger partial charge in [-0.15, -0.1) is 11.8 Å². The largest absolute Gasteiger partial charge is 0.495 e. The number of thioether (sulfide) groups is 1. The Labute approximate surface area is 122 Å². The van der Waals surface area contributed by atoms with Crippen molar-refractivity contribution >= 4 is 23.4 Å². The van der Waals surface area contributed by atoms with E-state index in [1.807, 2.05) is 16.7 Å². The van der Waals surface area contributed by atoms with Gasteiger partial charge in [0.2, 0.25) is 0 Å². The number of hydrogen-bond acceptors (Lipinski definition) is 5. The molecule has 6 heteroatoms. The maximum absolute atomic E-state index is 11.5. The van der Waals surface area contributed by atoms with Crippen LogP contribution in [0.25, 0.3) is 5.65 Å². The van der Waals surface area contributed by atoms with E-state index < -0.39 is 5.97 Å². The molecule has 0 aromatic carbocycles. The molecule has 0 atom stereocenters. The van der Waals surface area contributed by atoms with Crippen molar-refractivity contribution in [3.05, 3.63) is 24.2 Å². The summed E-state index contributed by atoms with van der Waals surface area (Å²) in [5.41, 5.74) is 0.938. The Morgan fingerprint density at radius 1 is 1.30 bits per heavy atom. The van der Waals surface area contributed by atoms with E-state index in [9.17, 15) is 4.79 Å². The third kappa shape index (κ3) is 3.07. The highest BCUT2D eigenvalue weighted by Gasteiger charge is 2.18. The highest BCUT2D eigenvalue weighted by molar-refractivity contribution is 8.00. The quantitative estimate of drug-likeness (QED) is 0.643. The average Bonchev–Trinajstić information content (AvgIpc) is 2.77. The molecule has 0 N–H and O–H groups in total. The molecule has 0 aliphatic carbocycles. The molecular weight excluding hydrogens is 276 g/mol. The second-order valence-corrected chi connectivity index (χ2v) is 7.17. The molecule has 5 nitrogen and oxygen atoms in total. The van der Waals surface area contributed by atoms with Crippen molar-refractivity contribution in [2.45, 2.75) is 30.4 Å². The van der Waals surface area contributed by atoms with Crippen molar-refractivity contribution in [2.24, 2.45) is 0 Å². The predicted octanol–water partition coefficient (Wildman–Crippen LogP) is 3.02. The number of imidazole rings is 1. The summed E-state index contributed by atoms with van der Waals surface area (Å²) in [6.07, 6.45) is 3.58. The lowest BCUT2D eigenvalue weighted by Gasteiger charge is -2.19. The van der Waals surface area contributed by atoms with Gasteiger partial charge in [-0.25, -0.2) is 9.78 Å². The molecule has 0 bridgehead atoms. The van der Waals surface area contributed by atoms with Crippen LogP contribution in [0.15, 0.2) is 23.4 Å². The zero-order valence-corrected chi connectivity index (χ0v) is 13.1. The van der Waals surface area contributed by atoms with Gasteiger partial charge < -0.3 is 13.9 Å². The van der Waals surface area contributed by atoms with Crippen molar-refractivity contribution in [1.82, 2.24) is 9.38 Å². The summed E-state index contributed by atoms with van der Waals surface area (Å²) in [4.78, 5) is 16.7. The molecule has 0 aliphatic heterocycles. The number of aromatic nitrogens is 2. The van der Waals surface area contributed by atoms with Gasteiger partial charge in [0.1, 0.15) is 11.4 Å². The van der Waals surface area contributed by atoms with Gasteiger partial charge in [-0.2, -0.15) is 0 Å². The van der Waals surface area contributed by atoms with Crippen LogP contribution in [0.4, 0.5) is 0 Å². The Balaban J connectivity index is 2.51. The first kappa shape index (κ1) is 14.7. The van der Waals surface area contributed by atoms with Gasteiger partial charge in [0.05, 0.1) is 19.1 Å². The minimum atomic E-state index is -0.447. The number of hydrogen-bond donors (Lipinski definition) is 0. The van der Waals surface area contributed by atoms with Gasteiger partial charge in [0.15, 0.2) is 5.69 Å². The zero-order valence-electron chi connectivity index (χ0n) is 12.3. The van der Waals surface area contributed by atoms with Gasteiger partial charge in [-0.3, -0.25) is 0 Å². The Kier molecular flexibility index (Phi) is 3.94. The lowest BCUT2D eigenvalue weighted by molar-refractivity contribution is 0.0595. The topological polar surface area (TPSA) is 52.8 Å². The lowest BCUT2D eigenvalue weighted by Crippen LogP contribution is -2.07. The molecule has 0 unspecified atom stereocenters. The smallest absolute Gasteiger partial charge is 0.358 e. The van der Waals surface area contributed by atoms with Gasteiger partial charge in [0.25, 0.3) is 0 Å². The van der Waals surface area contributed by atoms with E-state index in [0.717, 1.165) is 10.6 Å². The van der Waals surface area contributed by atoms with E-state index in [2.05, 4.69) is 30.5 Å². The molecule has 108 valence electrons. The monoisotopic (exact) mass is 294 g/mol. The number of carbonyl (C=O) groups excluding carboxylic acids is 1. The average molecular weight is 294 g/mol. The first-order chi connectivity index (χ1) is 9.34. The van der Waals surface area contributed by atoms with Crippen LogP contribution in [0.1, 0.15) is 31.3 Å². The van der Waals surface area contributed by atoms with Crippen LogP contribution in [0.3, 0.4) is 0 Å². The number of pyridine rings is 1. The molecule has 0 amide bonds. The van der Waals surface area contributed by atoms with Crippen LogP contribution in [0.5, 0.6) is 5.75 Å². The molecule has 0 fully saturated rings. The number of esters is 1. The number of ether oxygens (including phenoxy) is 2. The van der Waals surface area contributed by atoms with E-state index in [4.69, 9.17) is 4.74 Å². The first-order valence-electron chi connectivity index (χ1n) is 6.18. The van der Waals surface area contributed by atoms with Gasteiger partial charge in [-0.05, 0) is 0 Å².